The molecule has 1 unspecified atom stereocenters. The number of carbonyl (C=O) groups is 1. The number of nitrogens with two attached hydrogens (primary N) is 1. The third kappa shape index (κ3) is 2.68. The van der Waals surface area contributed by atoms with Gasteiger partial charge in [-0.15, -0.1) is 0 Å². The molecule has 3 N–H and O–H groups in total. The van der Waals surface area contributed by atoms with Crippen LogP contribution in [0.25, 0.3) is 0 Å². The minimum atomic E-state index is -1.14. The lowest BCUT2D eigenvalue weighted by Gasteiger charge is -2.18. The molecular formula is C11H18N4O3. The molecule has 1 fully saturated rings. The Morgan fingerprint density at radius 1 is 1.67 bits per heavy atom. The highest BCUT2D eigenvalue weighted by Crippen LogP contribution is 2.20. The van der Waals surface area contributed by atoms with Crippen LogP contribution in [0.5, 0.6) is 0 Å². The smallest absolute Gasteiger partial charge is 0.325 e. The van der Waals surface area contributed by atoms with E-state index in [-0.39, 0.29) is 0 Å². The first-order valence-corrected chi connectivity index (χ1v) is 6.09. The van der Waals surface area contributed by atoms with Gasteiger partial charge in [0.2, 0.25) is 5.89 Å². The summed E-state index contributed by atoms with van der Waals surface area (Å²) in [5.74, 6) is 0.266. The molecule has 7 nitrogen and oxygen atoms in total. The first-order chi connectivity index (χ1) is 8.53. The van der Waals surface area contributed by atoms with E-state index in [1.54, 1.807) is 0 Å². The molecular weight excluding hydrogens is 236 g/mol. The van der Waals surface area contributed by atoms with Crippen molar-refractivity contribution >= 4 is 5.97 Å². The van der Waals surface area contributed by atoms with Crippen LogP contribution < -0.4 is 5.73 Å². The molecule has 7 heteroatoms. The van der Waals surface area contributed by atoms with Gasteiger partial charge in [0, 0.05) is 19.5 Å². The van der Waals surface area contributed by atoms with Crippen LogP contribution in [0, 0.1) is 0 Å². The van der Waals surface area contributed by atoms with Gasteiger partial charge in [0.1, 0.15) is 5.54 Å². The summed E-state index contributed by atoms with van der Waals surface area (Å²) in [5.41, 5.74) is 4.65. The molecule has 1 aromatic heterocycles. The van der Waals surface area contributed by atoms with Crippen LogP contribution in [-0.4, -0.2) is 44.7 Å². The van der Waals surface area contributed by atoms with E-state index in [1.807, 2.05) is 11.8 Å². The van der Waals surface area contributed by atoms with Crippen molar-refractivity contribution in [3.63, 3.8) is 0 Å². The molecule has 0 amide bonds. The van der Waals surface area contributed by atoms with Crippen LogP contribution in [0.15, 0.2) is 4.52 Å². The minimum absolute atomic E-state index is 0.319. The first kappa shape index (κ1) is 13.0. The van der Waals surface area contributed by atoms with Gasteiger partial charge in [-0.2, -0.15) is 4.98 Å². The van der Waals surface area contributed by atoms with Crippen molar-refractivity contribution in [1.29, 1.82) is 0 Å². The van der Waals surface area contributed by atoms with E-state index in [0.29, 0.717) is 37.8 Å². The fraction of sp³-hybridized carbons (Fsp3) is 0.727. The van der Waals surface area contributed by atoms with E-state index in [1.165, 1.54) is 0 Å². The summed E-state index contributed by atoms with van der Waals surface area (Å²) in [7, 11) is 0. The van der Waals surface area contributed by atoms with Gasteiger partial charge in [-0.05, 0) is 12.8 Å². The summed E-state index contributed by atoms with van der Waals surface area (Å²) >= 11 is 0. The number of carboxylic acids is 1. The number of aryl methyl sites for hydroxylation is 1. The molecule has 1 atom stereocenters. The Morgan fingerprint density at radius 3 is 3.06 bits per heavy atom. The number of rotatable bonds is 5. The maximum Gasteiger partial charge on any atom is 0.325 e. The number of aromatic nitrogens is 2. The van der Waals surface area contributed by atoms with Crippen LogP contribution in [0.1, 0.15) is 31.5 Å². The number of likely N-dealkylation sites (tertiary alicyclic amines) is 1. The van der Waals surface area contributed by atoms with Gasteiger partial charge in [0.15, 0.2) is 5.82 Å². The molecule has 0 bridgehead atoms. The molecule has 0 aliphatic carbocycles. The maximum absolute atomic E-state index is 11.0. The van der Waals surface area contributed by atoms with Crippen LogP contribution in [-0.2, 0) is 17.8 Å². The topological polar surface area (TPSA) is 105 Å². The largest absolute Gasteiger partial charge is 0.480 e. The highest BCUT2D eigenvalue weighted by atomic mass is 16.5. The summed E-state index contributed by atoms with van der Waals surface area (Å²) < 4.78 is 5.08. The standard InChI is InChI=1S/C11H18N4O3/c1-2-3-9-13-8(14-18-9)6-15-5-4-11(12,7-15)10(16)17/h2-7,12H2,1H3,(H,16,17). The van der Waals surface area contributed by atoms with E-state index in [4.69, 9.17) is 15.4 Å². The lowest BCUT2D eigenvalue weighted by atomic mass is 10.0. The Hall–Kier alpha value is -1.47. The fourth-order valence-electron chi connectivity index (χ4n) is 2.09. The van der Waals surface area contributed by atoms with Gasteiger partial charge in [-0.3, -0.25) is 9.69 Å². The third-order valence-electron chi connectivity index (χ3n) is 3.14. The Morgan fingerprint density at radius 2 is 2.44 bits per heavy atom. The van der Waals surface area contributed by atoms with Crippen LogP contribution >= 0.6 is 0 Å². The molecule has 0 aromatic carbocycles. The second kappa shape index (κ2) is 5.03. The second-order valence-corrected chi connectivity index (χ2v) is 4.78. The van der Waals surface area contributed by atoms with E-state index in [0.717, 1.165) is 12.8 Å². The zero-order valence-corrected chi connectivity index (χ0v) is 10.4. The fourth-order valence-corrected chi connectivity index (χ4v) is 2.09. The Labute approximate surface area is 105 Å². The van der Waals surface area contributed by atoms with Crippen LogP contribution in [0.4, 0.5) is 0 Å². The van der Waals surface area contributed by atoms with Crippen molar-refractivity contribution in [1.82, 2.24) is 15.0 Å². The van der Waals surface area contributed by atoms with E-state index >= 15 is 0 Å². The van der Waals surface area contributed by atoms with Crippen molar-refractivity contribution in [3.8, 4) is 0 Å². The summed E-state index contributed by atoms with van der Waals surface area (Å²) in [5, 5.41) is 12.9. The summed E-state index contributed by atoms with van der Waals surface area (Å²) in [4.78, 5) is 17.2. The second-order valence-electron chi connectivity index (χ2n) is 4.78. The van der Waals surface area contributed by atoms with E-state index in [9.17, 15) is 4.79 Å². The van der Waals surface area contributed by atoms with Gasteiger partial charge in [-0.25, -0.2) is 0 Å². The molecule has 0 spiro atoms. The first-order valence-electron chi connectivity index (χ1n) is 6.09. The quantitative estimate of drug-likeness (QED) is 0.762. The molecule has 0 saturated carbocycles. The summed E-state index contributed by atoms with van der Waals surface area (Å²) in [6.45, 7) is 3.49. The number of hydrogen-bond donors (Lipinski definition) is 2. The SMILES string of the molecule is CCCc1nc(CN2CCC(N)(C(=O)O)C2)no1. The van der Waals surface area contributed by atoms with E-state index in [2.05, 4.69) is 10.1 Å². The predicted molar refractivity (Wildman–Crippen MR) is 62.7 cm³/mol. The number of aliphatic carboxylic acids is 1. The highest BCUT2D eigenvalue weighted by Gasteiger charge is 2.41. The monoisotopic (exact) mass is 254 g/mol. The zero-order valence-electron chi connectivity index (χ0n) is 10.4. The Balaban J connectivity index is 1.93. The van der Waals surface area contributed by atoms with Crippen molar-refractivity contribution in [2.45, 2.75) is 38.3 Å². The molecule has 1 aliphatic heterocycles. The molecule has 18 heavy (non-hydrogen) atoms. The lowest BCUT2D eigenvalue weighted by Crippen LogP contribution is -2.50. The van der Waals surface area contributed by atoms with Gasteiger partial charge in [0.25, 0.3) is 0 Å². The van der Waals surface area contributed by atoms with Gasteiger partial charge >= 0.3 is 5.97 Å². The number of hydrogen-bond acceptors (Lipinski definition) is 6. The third-order valence-corrected chi connectivity index (χ3v) is 3.14. The molecule has 1 aromatic rings. The van der Waals surface area contributed by atoms with Crippen LogP contribution in [0.3, 0.4) is 0 Å². The number of carboxylic acid groups (broad SMARTS) is 1. The average molecular weight is 254 g/mol. The highest BCUT2D eigenvalue weighted by molar-refractivity contribution is 5.79. The minimum Gasteiger partial charge on any atom is -0.480 e. The summed E-state index contributed by atoms with van der Waals surface area (Å²) in [6.07, 6.45) is 2.17. The molecule has 100 valence electrons. The van der Waals surface area contributed by atoms with Gasteiger partial charge < -0.3 is 15.4 Å². The summed E-state index contributed by atoms with van der Waals surface area (Å²) in [6, 6.07) is 0. The van der Waals surface area contributed by atoms with Crippen molar-refractivity contribution in [2.75, 3.05) is 13.1 Å². The Bertz CT molecular complexity index is 434. The van der Waals surface area contributed by atoms with Crippen molar-refractivity contribution < 1.29 is 14.4 Å². The lowest BCUT2D eigenvalue weighted by molar-refractivity contribution is -0.142. The van der Waals surface area contributed by atoms with Gasteiger partial charge in [-0.1, -0.05) is 12.1 Å². The van der Waals surface area contributed by atoms with Crippen LogP contribution in [0.2, 0.25) is 0 Å². The molecule has 1 aliphatic rings. The Kier molecular flexibility index (Phi) is 3.63. The van der Waals surface area contributed by atoms with Crippen molar-refractivity contribution in [2.24, 2.45) is 5.73 Å². The molecule has 2 rings (SSSR count). The zero-order chi connectivity index (χ0) is 13.2. The number of nitrogens with zero attached hydrogens (tertiary/aromatic N) is 3. The van der Waals surface area contributed by atoms with Crippen molar-refractivity contribution in [3.05, 3.63) is 11.7 Å². The molecule has 0 radical (unpaired) electrons. The van der Waals surface area contributed by atoms with Gasteiger partial charge in [0.05, 0.1) is 6.54 Å². The van der Waals surface area contributed by atoms with E-state index < -0.39 is 11.5 Å². The molecule has 2 heterocycles. The maximum atomic E-state index is 11.0. The predicted octanol–water partition coefficient (Wildman–Crippen LogP) is 0.00990. The average Bonchev–Trinajstić information content (AvgIpc) is 2.88. The normalized spacial score (nSPS) is 24.6. The molecule has 1 saturated heterocycles.